The molecule has 27 nitrogen and oxygen atoms in total. The van der Waals surface area contributed by atoms with Crippen molar-refractivity contribution in [2.24, 2.45) is 7.05 Å². The van der Waals surface area contributed by atoms with Crippen LogP contribution in [0, 0.1) is 13.8 Å². The number of nitrogens with one attached hydrogen (secondary N) is 4. The van der Waals surface area contributed by atoms with Gasteiger partial charge in [0.1, 0.15) is 48.5 Å². The molecule has 97 heavy (non-hydrogen) atoms. The van der Waals surface area contributed by atoms with E-state index < -0.39 is 68.1 Å². The number of aryl methyl sites for hydroxylation is 4. The topological polar surface area (TPSA) is 341 Å². The Morgan fingerprint density at radius 2 is 1.20 bits per heavy atom. The molecule has 0 aliphatic heterocycles. The third kappa shape index (κ3) is 17.7. The van der Waals surface area contributed by atoms with Gasteiger partial charge in [0.2, 0.25) is 37.1 Å². The normalized spacial score (nSPS) is 11.9. The number of fused-ring (bicyclic) bond motifs is 2. The summed E-state index contributed by atoms with van der Waals surface area (Å²) < 4.78 is 109. The lowest BCUT2D eigenvalue weighted by Gasteiger charge is -2.20. The minimum absolute atomic E-state index is 0.00353. The van der Waals surface area contributed by atoms with E-state index in [2.05, 4.69) is 25.2 Å². The van der Waals surface area contributed by atoms with E-state index in [1.807, 2.05) is 13.8 Å². The summed E-state index contributed by atoms with van der Waals surface area (Å²) in [5.41, 5.74) is 3.59. The number of rotatable bonds is 29. The van der Waals surface area contributed by atoms with Crippen LogP contribution in [0.25, 0.3) is 44.7 Å². The first-order valence-corrected chi connectivity index (χ1v) is 33.4. The van der Waals surface area contributed by atoms with Gasteiger partial charge in [-0.05, 0) is 131 Å². The average Bonchev–Trinajstić information content (AvgIpc) is 1.66. The molecule has 2 atom stereocenters. The van der Waals surface area contributed by atoms with Gasteiger partial charge in [0.15, 0.2) is 40.4 Å². The Labute approximate surface area is 559 Å². The fourth-order valence-electron chi connectivity index (χ4n) is 9.83. The first-order valence-electron chi connectivity index (χ1n) is 30.4. The standard InChI is InChI=1S/C38H38N2O11S.C30H36N6O8S/c1-5-48-38(43)30(40-52(44,45)28-17-10-24(2)11-18-28)23-39-37(42)25-12-15-27(16-13-25)49-20-21-50-36-34(41)29-8-6-7-9-31(29)51-35(36)26-14-19-32(46-3)33(22-26)47-4;1-7-9-21-25-26(35(4)33-21)29(38)36(28(32-25)19-12-15-22(42-5)23(16-19)43-6)17-24(37)31-27(30(39)44-8-2)34-45(40,41)20-13-10-18(3)11-14-20/h6-19,22,30,40H,5,20-21,23H2,1-4H3,(H,39,42);10-16,27,34H,7-9,17H2,1-6H3,(H,31,37)/t;27-/m.0/s1. The lowest BCUT2D eigenvalue weighted by atomic mass is 10.1. The van der Waals surface area contributed by atoms with E-state index in [1.54, 1.807) is 125 Å². The van der Waals surface area contributed by atoms with E-state index in [1.165, 1.54) is 69.5 Å². The molecule has 1 unspecified atom stereocenters. The number of amides is 2. The second-order valence-corrected chi connectivity index (χ2v) is 24.9. The van der Waals surface area contributed by atoms with Crippen LogP contribution in [0.15, 0.2) is 157 Å². The van der Waals surface area contributed by atoms with Crippen molar-refractivity contribution in [1.82, 2.24) is 39.4 Å². The number of sulfonamides is 2. The minimum atomic E-state index is -4.25. The van der Waals surface area contributed by atoms with E-state index in [4.69, 9.17) is 47.3 Å². The Bertz CT molecular complexity index is 4670. The number of carbonyl (C=O) groups excluding carboxylic acids is 4. The number of esters is 2. The lowest BCUT2D eigenvalue weighted by Crippen LogP contribution is -2.54. The summed E-state index contributed by atoms with van der Waals surface area (Å²) >= 11 is 0. The molecule has 29 heteroatoms. The summed E-state index contributed by atoms with van der Waals surface area (Å²) in [6, 6.07) is 33.7. The zero-order valence-electron chi connectivity index (χ0n) is 54.9. The maximum Gasteiger partial charge on any atom is 0.344 e. The lowest BCUT2D eigenvalue weighted by molar-refractivity contribution is -0.148. The molecular weight excluding hydrogens is 1300 g/mol. The Morgan fingerprint density at radius 1 is 0.639 bits per heavy atom. The van der Waals surface area contributed by atoms with Gasteiger partial charge < -0.3 is 52.9 Å². The average molecular weight is 1370 g/mol. The minimum Gasteiger partial charge on any atom is -0.493 e. The van der Waals surface area contributed by atoms with Gasteiger partial charge in [0, 0.05) is 30.3 Å². The summed E-state index contributed by atoms with van der Waals surface area (Å²) in [6.45, 7) is 7.75. The van der Waals surface area contributed by atoms with Gasteiger partial charge in [-0.2, -0.15) is 14.5 Å². The highest BCUT2D eigenvalue weighted by Crippen LogP contribution is 2.37. The van der Waals surface area contributed by atoms with Crippen LogP contribution in [-0.4, -0.2) is 134 Å². The number of hydrogen-bond donors (Lipinski definition) is 4. The second-order valence-electron chi connectivity index (χ2n) is 21.4. The van der Waals surface area contributed by atoms with Crippen molar-refractivity contribution in [1.29, 1.82) is 0 Å². The highest BCUT2D eigenvalue weighted by molar-refractivity contribution is 7.89. The van der Waals surface area contributed by atoms with Crippen molar-refractivity contribution in [3.63, 3.8) is 0 Å². The van der Waals surface area contributed by atoms with Gasteiger partial charge in [-0.1, -0.05) is 60.9 Å². The molecule has 0 fully saturated rings. The number of hydrogen-bond acceptors (Lipinski definition) is 21. The van der Waals surface area contributed by atoms with Crippen LogP contribution >= 0.6 is 0 Å². The molecular formula is C68H74N8O19S2. The number of ether oxygens (including phenoxy) is 8. The quantitative estimate of drug-likeness (QED) is 0.0209. The fourth-order valence-corrected chi connectivity index (χ4v) is 12.1. The smallest absolute Gasteiger partial charge is 0.344 e. The van der Waals surface area contributed by atoms with Gasteiger partial charge in [0.25, 0.3) is 11.5 Å². The largest absolute Gasteiger partial charge is 0.493 e. The molecule has 0 saturated carbocycles. The monoisotopic (exact) mass is 1370 g/mol. The van der Waals surface area contributed by atoms with Crippen molar-refractivity contribution in [2.45, 2.75) is 76.0 Å². The van der Waals surface area contributed by atoms with Gasteiger partial charge in [-0.15, -0.1) is 0 Å². The van der Waals surface area contributed by atoms with Crippen molar-refractivity contribution in [3.8, 4) is 57.2 Å². The van der Waals surface area contributed by atoms with Crippen LogP contribution in [0.4, 0.5) is 0 Å². The number of carbonyl (C=O) groups is 4. The van der Waals surface area contributed by atoms with Gasteiger partial charge >= 0.3 is 11.9 Å². The summed E-state index contributed by atoms with van der Waals surface area (Å²) in [5, 5.41) is 9.78. The molecule has 0 bridgehead atoms. The first-order chi connectivity index (χ1) is 46.5. The van der Waals surface area contributed by atoms with Crippen LogP contribution in [0.2, 0.25) is 0 Å². The van der Waals surface area contributed by atoms with Gasteiger partial charge in [-0.3, -0.25) is 33.2 Å². The number of para-hydroxylation sites is 1. The first kappa shape index (κ1) is 72.2. The predicted octanol–water partition coefficient (Wildman–Crippen LogP) is 6.94. The zero-order chi connectivity index (χ0) is 70.1. The molecule has 6 aromatic carbocycles. The Hall–Kier alpha value is -10.6. The van der Waals surface area contributed by atoms with E-state index >= 15 is 0 Å². The molecule has 0 saturated heterocycles. The Balaban J connectivity index is 0.000000250. The van der Waals surface area contributed by atoms with Crippen LogP contribution in [0.3, 0.4) is 0 Å². The molecule has 4 N–H and O–H groups in total. The molecule has 0 aliphatic rings. The van der Waals surface area contributed by atoms with Gasteiger partial charge in [0.05, 0.1) is 62.5 Å². The highest BCUT2D eigenvalue weighted by Gasteiger charge is 2.31. The summed E-state index contributed by atoms with van der Waals surface area (Å²) in [5.74, 6) is -0.738. The summed E-state index contributed by atoms with van der Waals surface area (Å²) in [4.78, 5) is 83.9. The molecule has 9 rings (SSSR count). The van der Waals surface area contributed by atoms with Crippen LogP contribution in [0.5, 0.6) is 34.5 Å². The summed E-state index contributed by atoms with van der Waals surface area (Å²) in [7, 11) is -0.737. The number of benzene rings is 6. The molecule has 3 aromatic heterocycles. The Morgan fingerprint density at radius 3 is 1.78 bits per heavy atom. The van der Waals surface area contributed by atoms with Crippen LogP contribution in [-0.2, 0) is 63.9 Å². The molecule has 0 spiro atoms. The van der Waals surface area contributed by atoms with E-state index in [0.29, 0.717) is 68.5 Å². The van der Waals surface area contributed by atoms with E-state index in [-0.39, 0.29) is 76.6 Å². The number of nitrogens with zero attached hydrogens (tertiary/aromatic N) is 4. The van der Waals surface area contributed by atoms with Crippen molar-refractivity contribution in [2.75, 3.05) is 61.4 Å². The van der Waals surface area contributed by atoms with E-state index in [9.17, 15) is 45.6 Å². The van der Waals surface area contributed by atoms with Crippen molar-refractivity contribution in [3.05, 3.63) is 176 Å². The highest BCUT2D eigenvalue weighted by atomic mass is 32.2. The van der Waals surface area contributed by atoms with E-state index in [0.717, 1.165) is 22.1 Å². The molecule has 512 valence electrons. The fraction of sp³-hybridized carbons (Fsp3) is 0.294. The van der Waals surface area contributed by atoms with Crippen LogP contribution in [0.1, 0.15) is 54.4 Å². The molecule has 9 aromatic rings. The number of aromatic nitrogens is 4. The summed E-state index contributed by atoms with van der Waals surface area (Å²) in [6.07, 6.45) is -0.450. The molecule has 3 heterocycles. The van der Waals surface area contributed by atoms with Crippen LogP contribution < -0.4 is 59.5 Å². The SMILES string of the molecule is CCCc1nn(C)c2c(=O)n(CC(=O)N[C@@H](NS(=O)(=O)c3ccc(C)cc3)C(=O)OCC)c(-c3ccc(OC)c(OC)c3)nc12.CCOC(=O)C(CNC(=O)c1ccc(OCCOc2c(-c3ccc(OC)c(OC)c3)oc3ccccc3c2=O)cc1)NS(=O)(=O)c1ccc(C)cc1. The third-order valence-electron chi connectivity index (χ3n) is 14.7. The maximum atomic E-state index is 14.0. The third-order valence-corrected chi connectivity index (χ3v) is 17.6. The molecule has 0 aliphatic carbocycles. The second kappa shape index (κ2) is 32.7. The zero-order valence-corrected chi connectivity index (χ0v) is 56.5. The predicted molar refractivity (Wildman–Crippen MR) is 358 cm³/mol. The number of methoxy groups -OCH3 is 4. The Kier molecular flexibility index (Phi) is 24.3. The maximum absolute atomic E-state index is 14.0. The van der Waals surface area contributed by atoms with Gasteiger partial charge in [-0.25, -0.2) is 26.6 Å². The van der Waals surface area contributed by atoms with Crippen molar-refractivity contribution >= 4 is 65.8 Å². The molecule has 0 radical (unpaired) electrons. The van der Waals surface area contributed by atoms with Crippen molar-refractivity contribution < 1.29 is 78.3 Å². The molecule has 2 amide bonds.